The lowest BCUT2D eigenvalue weighted by Gasteiger charge is -2.16. The van der Waals surface area contributed by atoms with E-state index < -0.39 is 0 Å². The Kier molecular flexibility index (Phi) is 4.81. The first-order chi connectivity index (χ1) is 21.7. The van der Waals surface area contributed by atoms with Crippen molar-refractivity contribution in [3.8, 4) is 11.1 Å². The fourth-order valence-electron chi connectivity index (χ4n) is 7.49. The van der Waals surface area contributed by atoms with E-state index in [0.717, 1.165) is 0 Å². The second-order valence-electron chi connectivity index (χ2n) is 12.2. The predicted octanol–water partition coefficient (Wildman–Crippen LogP) is 12.6. The molecular formula is C44H26. The molecule has 10 aromatic rings. The van der Waals surface area contributed by atoms with Gasteiger partial charge in [-0.1, -0.05) is 91.0 Å². The third-order valence-electron chi connectivity index (χ3n) is 9.61. The van der Waals surface area contributed by atoms with Gasteiger partial charge in [-0.3, -0.25) is 0 Å². The lowest BCUT2D eigenvalue weighted by Crippen LogP contribution is -1.89. The Morgan fingerprint density at radius 3 is 1.16 bits per heavy atom. The van der Waals surface area contributed by atoms with E-state index in [4.69, 9.17) is 0 Å². The summed E-state index contributed by atoms with van der Waals surface area (Å²) in [5, 5.41) is 20.5. The maximum atomic E-state index is 2.41. The molecule has 0 N–H and O–H groups in total. The van der Waals surface area contributed by atoms with Crippen molar-refractivity contribution in [2.45, 2.75) is 0 Å². The van der Waals surface area contributed by atoms with Crippen LogP contribution in [0.25, 0.3) is 97.3 Å². The van der Waals surface area contributed by atoms with Gasteiger partial charge in [0.15, 0.2) is 0 Å². The van der Waals surface area contributed by atoms with Crippen molar-refractivity contribution in [1.82, 2.24) is 0 Å². The van der Waals surface area contributed by atoms with E-state index in [1.165, 1.54) is 97.3 Å². The third kappa shape index (κ3) is 3.52. The second kappa shape index (κ2) is 8.89. The summed E-state index contributed by atoms with van der Waals surface area (Å²) < 4.78 is 0. The number of fused-ring (bicyclic) bond motifs is 8. The van der Waals surface area contributed by atoms with Gasteiger partial charge >= 0.3 is 0 Å². The number of hydrogen-bond donors (Lipinski definition) is 0. The van der Waals surface area contributed by atoms with Gasteiger partial charge in [-0.15, -0.1) is 0 Å². The summed E-state index contributed by atoms with van der Waals surface area (Å²) in [6.07, 6.45) is 0. The quantitative estimate of drug-likeness (QED) is 0.177. The molecule has 0 aliphatic carbocycles. The Morgan fingerprint density at radius 1 is 0.205 bits per heavy atom. The van der Waals surface area contributed by atoms with E-state index >= 15 is 0 Å². The van der Waals surface area contributed by atoms with E-state index in [9.17, 15) is 0 Å². The molecule has 0 saturated carbocycles. The van der Waals surface area contributed by atoms with E-state index in [1.54, 1.807) is 0 Å². The molecule has 0 heterocycles. The highest BCUT2D eigenvalue weighted by Gasteiger charge is 2.15. The Morgan fingerprint density at radius 2 is 0.568 bits per heavy atom. The minimum absolute atomic E-state index is 1.27. The monoisotopic (exact) mass is 554 g/mol. The molecular weight excluding hydrogens is 528 g/mol. The Hall–Kier alpha value is -5.72. The Labute approximate surface area is 254 Å². The standard InChI is InChI=1S/C44H26/c1-2-9-28-17-34-23-38-25-42-32(20-36(38)22-33(34)16-27(28)8-1)13-7-15-41(42)44-40-14-6-5-12-31(40)21-39-24-35-18-29-10-3-4-11-30(29)19-37(35)26-43(39)44/h1-26H. The van der Waals surface area contributed by atoms with Crippen LogP contribution in [0.4, 0.5) is 0 Å². The van der Waals surface area contributed by atoms with Gasteiger partial charge in [-0.05, 0) is 164 Å². The molecule has 10 rings (SSSR count). The van der Waals surface area contributed by atoms with Crippen LogP contribution in [0.2, 0.25) is 0 Å². The van der Waals surface area contributed by atoms with Gasteiger partial charge in [0.2, 0.25) is 0 Å². The van der Waals surface area contributed by atoms with Crippen LogP contribution >= 0.6 is 0 Å². The molecule has 0 radical (unpaired) electrons. The SMILES string of the molecule is c1ccc2cc3cc4cc5c(-c6c7ccccc7cc7cc8cc9ccccc9cc8cc67)cccc5cc4cc3cc2c1. The van der Waals surface area contributed by atoms with Crippen LogP contribution < -0.4 is 0 Å². The van der Waals surface area contributed by atoms with Crippen molar-refractivity contribution in [1.29, 1.82) is 0 Å². The molecule has 0 unspecified atom stereocenters. The topological polar surface area (TPSA) is 0 Å². The van der Waals surface area contributed by atoms with Crippen LogP contribution in [-0.4, -0.2) is 0 Å². The minimum Gasteiger partial charge on any atom is -0.0616 e. The smallest absolute Gasteiger partial charge is 0.00204 e. The van der Waals surface area contributed by atoms with E-state index in [0.29, 0.717) is 0 Å². The minimum atomic E-state index is 1.27. The first-order valence-corrected chi connectivity index (χ1v) is 15.3. The molecule has 0 saturated heterocycles. The van der Waals surface area contributed by atoms with Crippen LogP contribution in [0, 0.1) is 0 Å². The van der Waals surface area contributed by atoms with Crippen LogP contribution in [-0.2, 0) is 0 Å². The molecule has 0 aromatic heterocycles. The first-order valence-electron chi connectivity index (χ1n) is 15.3. The summed E-state index contributed by atoms with van der Waals surface area (Å²) in [6.45, 7) is 0. The summed E-state index contributed by atoms with van der Waals surface area (Å²) in [4.78, 5) is 0. The largest absolute Gasteiger partial charge is 0.0616 e. The number of rotatable bonds is 1. The van der Waals surface area contributed by atoms with E-state index in [-0.39, 0.29) is 0 Å². The van der Waals surface area contributed by atoms with Crippen LogP contribution in [0.15, 0.2) is 158 Å². The highest BCUT2D eigenvalue weighted by atomic mass is 14.2. The van der Waals surface area contributed by atoms with Crippen LogP contribution in [0.1, 0.15) is 0 Å². The first kappa shape index (κ1) is 23.8. The molecule has 0 amide bonds. The average Bonchev–Trinajstić information content (AvgIpc) is 3.06. The van der Waals surface area contributed by atoms with Gasteiger partial charge in [0, 0.05) is 0 Å². The summed E-state index contributed by atoms with van der Waals surface area (Å²) in [7, 11) is 0. The lowest BCUT2D eigenvalue weighted by atomic mass is 9.87. The third-order valence-corrected chi connectivity index (χ3v) is 9.61. The summed E-state index contributed by atoms with van der Waals surface area (Å²) in [6, 6.07) is 58.9. The van der Waals surface area contributed by atoms with Crippen molar-refractivity contribution in [2.24, 2.45) is 0 Å². The molecule has 10 aromatic carbocycles. The van der Waals surface area contributed by atoms with E-state index in [1.807, 2.05) is 0 Å². The van der Waals surface area contributed by atoms with Gasteiger partial charge in [0.1, 0.15) is 0 Å². The molecule has 0 atom stereocenters. The molecule has 0 heteroatoms. The Balaban J connectivity index is 1.30. The van der Waals surface area contributed by atoms with Gasteiger partial charge in [0.25, 0.3) is 0 Å². The molecule has 0 fully saturated rings. The molecule has 0 aliphatic rings. The maximum absolute atomic E-state index is 2.41. The van der Waals surface area contributed by atoms with Gasteiger partial charge in [-0.25, -0.2) is 0 Å². The maximum Gasteiger partial charge on any atom is -0.00204 e. The number of hydrogen-bond acceptors (Lipinski definition) is 0. The van der Waals surface area contributed by atoms with Crippen molar-refractivity contribution in [3.63, 3.8) is 0 Å². The molecule has 0 aliphatic heterocycles. The molecule has 44 heavy (non-hydrogen) atoms. The fraction of sp³-hybridized carbons (Fsp3) is 0. The highest BCUT2D eigenvalue weighted by molar-refractivity contribution is 6.21. The second-order valence-corrected chi connectivity index (χ2v) is 12.2. The summed E-state index contributed by atoms with van der Waals surface area (Å²) >= 11 is 0. The van der Waals surface area contributed by atoms with E-state index in [2.05, 4.69) is 158 Å². The number of benzene rings is 10. The Bertz CT molecular complexity index is 2820. The zero-order valence-corrected chi connectivity index (χ0v) is 24.0. The van der Waals surface area contributed by atoms with Crippen LogP contribution in [0.5, 0.6) is 0 Å². The van der Waals surface area contributed by atoms with Crippen LogP contribution in [0.3, 0.4) is 0 Å². The van der Waals surface area contributed by atoms with Crippen molar-refractivity contribution in [3.05, 3.63) is 158 Å². The summed E-state index contributed by atoms with van der Waals surface area (Å²) in [5.74, 6) is 0. The average molecular weight is 555 g/mol. The highest BCUT2D eigenvalue weighted by Crippen LogP contribution is 2.42. The summed E-state index contributed by atoms with van der Waals surface area (Å²) in [5.41, 5.74) is 2.59. The molecule has 0 spiro atoms. The van der Waals surface area contributed by atoms with Crippen molar-refractivity contribution in [2.75, 3.05) is 0 Å². The van der Waals surface area contributed by atoms with Crippen molar-refractivity contribution < 1.29 is 0 Å². The van der Waals surface area contributed by atoms with Gasteiger partial charge in [-0.2, -0.15) is 0 Å². The zero-order chi connectivity index (χ0) is 28.8. The lowest BCUT2D eigenvalue weighted by molar-refractivity contribution is 1.73. The predicted molar refractivity (Wildman–Crippen MR) is 192 cm³/mol. The molecule has 0 nitrogen and oxygen atoms in total. The molecule has 0 bridgehead atoms. The normalized spacial score (nSPS) is 12.1. The van der Waals surface area contributed by atoms with Gasteiger partial charge in [0.05, 0.1) is 0 Å². The van der Waals surface area contributed by atoms with Crippen molar-refractivity contribution >= 4 is 86.2 Å². The molecule has 202 valence electrons. The van der Waals surface area contributed by atoms with Gasteiger partial charge < -0.3 is 0 Å². The fourth-order valence-corrected chi connectivity index (χ4v) is 7.49. The zero-order valence-electron chi connectivity index (χ0n) is 24.0.